The number of nitrogens with zero attached hydrogens (tertiary/aromatic N) is 1. The summed E-state index contributed by atoms with van der Waals surface area (Å²) in [6.07, 6.45) is -1.19. The summed E-state index contributed by atoms with van der Waals surface area (Å²) in [5.74, 6) is 0.446. The Bertz CT molecular complexity index is 992. The van der Waals surface area contributed by atoms with E-state index in [0.717, 1.165) is 47.7 Å². The first-order valence-electron chi connectivity index (χ1n) is 10.6. The molecule has 2 aromatic carbocycles. The normalized spacial score (nSPS) is 11.8. The van der Waals surface area contributed by atoms with Gasteiger partial charge >= 0.3 is 6.18 Å². The smallest absolute Gasteiger partial charge is 0.416 e. The quantitative estimate of drug-likeness (QED) is 0.451. The molecule has 0 atom stereocenters. The van der Waals surface area contributed by atoms with Gasteiger partial charge in [0.25, 0.3) is 0 Å². The topological polar surface area (TPSA) is 75.7 Å². The fourth-order valence-electron chi connectivity index (χ4n) is 3.18. The largest absolute Gasteiger partial charge is 0.492 e. The number of anilines is 1. The second-order valence-corrected chi connectivity index (χ2v) is 9.48. The zero-order chi connectivity index (χ0) is 24.5. The molecule has 6 nitrogen and oxygen atoms in total. The van der Waals surface area contributed by atoms with E-state index in [9.17, 15) is 26.4 Å². The van der Waals surface area contributed by atoms with E-state index in [0.29, 0.717) is 18.9 Å². The van der Waals surface area contributed by atoms with Crippen molar-refractivity contribution >= 4 is 21.6 Å². The Morgan fingerprint density at radius 1 is 1.06 bits per heavy atom. The van der Waals surface area contributed by atoms with Gasteiger partial charge in [-0.25, -0.2) is 8.42 Å². The van der Waals surface area contributed by atoms with E-state index in [1.165, 1.54) is 5.56 Å². The van der Waals surface area contributed by atoms with Crippen LogP contribution in [0.2, 0.25) is 0 Å². The fraction of sp³-hybridized carbons (Fsp3) is 0.435. The van der Waals surface area contributed by atoms with Crippen LogP contribution in [0.3, 0.4) is 0 Å². The van der Waals surface area contributed by atoms with Gasteiger partial charge in [-0.15, -0.1) is 0 Å². The third-order valence-electron chi connectivity index (χ3n) is 4.80. The predicted octanol–water partition coefficient (Wildman–Crippen LogP) is 4.40. The summed E-state index contributed by atoms with van der Waals surface area (Å²) in [5.41, 5.74) is 0.486. The number of nitrogens with one attached hydrogen (secondary N) is 1. The molecule has 33 heavy (non-hydrogen) atoms. The minimum absolute atomic E-state index is 0.0295. The number of sulfonamides is 1. The minimum Gasteiger partial charge on any atom is -0.492 e. The molecule has 0 aliphatic rings. The first kappa shape index (κ1) is 26.5. The number of hydrogen-bond donors (Lipinski definition) is 1. The summed E-state index contributed by atoms with van der Waals surface area (Å²) in [6.45, 7) is 2.67. The van der Waals surface area contributed by atoms with Gasteiger partial charge in [0.2, 0.25) is 15.9 Å². The molecular formula is C23H29F3N2O4S. The van der Waals surface area contributed by atoms with E-state index in [4.69, 9.17) is 4.74 Å². The van der Waals surface area contributed by atoms with Gasteiger partial charge in [-0.2, -0.15) is 13.2 Å². The highest BCUT2D eigenvalue weighted by molar-refractivity contribution is 7.92. The molecule has 0 fully saturated rings. The van der Waals surface area contributed by atoms with Crippen molar-refractivity contribution in [1.29, 1.82) is 0 Å². The van der Waals surface area contributed by atoms with E-state index in [1.54, 1.807) is 0 Å². The summed E-state index contributed by atoms with van der Waals surface area (Å²) in [4.78, 5) is 12.0. The molecule has 0 aromatic heterocycles. The van der Waals surface area contributed by atoms with Crippen molar-refractivity contribution in [3.63, 3.8) is 0 Å². The van der Waals surface area contributed by atoms with Crippen LogP contribution >= 0.6 is 0 Å². The van der Waals surface area contributed by atoms with Gasteiger partial charge in [0.05, 0.1) is 24.1 Å². The van der Waals surface area contributed by atoms with Gasteiger partial charge in [-0.3, -0.25) is 9.10 Å². The van der Waals surface area contributed by atoms with Gasteiger partial charge < -0.3 is 10.1 Å². The summed E-state index contributed by atoms with van der Waals surface area (Å²) < 4.78 is 68.9. The average molecular weight is 487 g/mol. The standard InChI is InChI=1S/C23H29F3N2O4S/c1-3-5-18-7-13-21(14-8-18)32-17-15-27-22(29)6-4-16-28(33(2,30)31)20-11-9-19(10-12-20)23(24,25)26/h7-14H,3-6,15-17H2,1-2H3,(H,27,29). The zero-order valence-corrected chi connectivity index (χ0v) is 19.5. The molecule has 0 heterocycles. The number of carbonyl (C=O) groups is 1. The molecule has 1 amide bonds. The predicted molar refractivity (Wildman–Crippen MR) is 122 cm³/mol. The Balaban J connectivity index is 1.77. The van der Waals surface area contributed by atoms with Crippen LogP contribution in [-0.2, 0) is 27.4 Å². The summed E-state index contributed by atoms with van der Waals surface area (Å²) in [6, 6.07) is 11.6. The molecule has 1 N–H and O–H groups in total. The van der Waals surface area contributed by atoms with E-state index >= 15 is 0 Å². The van der Waals surface area contributed by atoms with Crippen LogP contribution < -0.4 is 14.4 Å². The number of alkyl halides is 3. The molecule has 0 aliphatic carbocycles. The lowest BCUT2D eigenvalue weighted by Gasteiger charge is -2.22. The molecule has 0 bridgehead atoms. The highest BCUT2D eigenvalue weighted by Gasteiger charge is 2.30. The molecule has 0 saturated heterocycles. The van der Waals surface area contributed by atoms with Crippen molar-refractivity contribution in [1.82, 2.24) is 5.32 Å². The molecule has 0 aliphatic heterocycles. The highest BCUT2D eigenvalue weighted by atomic mass is 32.2. The van der Waals surface area contributed by atoms with Crippen LogP contribution in [0, 0.1) is 0 Å². The number of benzene rings is 2. The molecule has 0 unspecified atom stereocenters. The molecule has 182 valence electrons. The van der Waals surface area contributed by atoms with Gasteiger partial charge in [0, 0.05) is 13.0 Å². The number of hydrogen-bond acceptors (Lipinski definition) is 4. The lowest BCUT2D eigenvalue weighted by molar-refractivity contribution is -0.137. The van der Waals surface area contributed by atoms with Crippen molar-refractivity contribution in [3.8, 4) is 5.75 Å². The average Bonchev–Trinajstić information content (AvgIpc) is 2.74. The van der Waals surface area contributed by atoms with E-state index in [1.807, 2.05) is 24.3 Å². The van der Waals surface area contributed by atoms with Crippen molar-refractivity contribution in [2.45, 2.75) is 38.8 Å². The molecule has 0 spiro atoms. The Kier molecular flexibility index (Phi) is 9.57. The second kappa shape index (κ2) is 11.9. The molecule has 2 aromatic rings. The van der Waals surface area contributed by atoms with Crippen molar-refractivity contribution in [2.75, 3.05) is 30.3 Å². The maximum atomic E-state index is 12.7. The van der Waals surface area contributed by atoms with Gasteiger partial charge in [0.1, 0.15) is 12.4 Å². The first-order chi connectivity index (χ1) is 15.5. The Labute approximate surface area is 192 Å². The van der Waals surface area contributed by atoms with E-state index in [2.05, 4.69) is 12.2 Å². The van der Waals surface area contributed by atoms with Crippen LogP contribution in [-0.4, -0.2) is 40.3 Å². The van der Waals surface area contributed by atoms with Crippen molar-refractivity contribution in [3.05, 3.63) is 59.7 Å². The molecule has 10 heteroatoms. The van der Waals surface area contributed by atoms with Crippen LogP contribution in [0.5, 0.6) is 5.75 Å². The second-order valence-electron chi connectivity index (χ2n) is 7.58. The molecule has 0 radical (unpaired) electrons. The SMILES string of the molecule is CCCc1ccc(OCCNC(=O)CCCN(c2ccc(C(F)(F)F)cc2)S(C)(=O)=O)cc1. The van der Waals surface area contributed by atoms with Gasteiger partial charge in [-0.1, -0.05) is 25.5 Å². The minimum atomic E-state index is -4.51. The summed E-state index contributed by atoms with van der Waals surface area (Å²) >= 11 is 0. The Hall–Kier alpha value is -2.75. The van der Waals surface area contributed by atoms with Crippen LogP contribution in [0.4, 0.5) is 18.9 Å². The highest BCUT2D eigenvalue weighted by Crippen LogP contribution is 2.31. The number of ether oxygens (including phenoxy) is 1. The molecular weight excluding hydrogens is 457 g/mol. The number of halogens is 3. The lowest BCUT2D eigenvalue weighted by Crippen LogP contribution is -2.33. The van der Waals surface area contributed by atoms with Gasteiger partial charge in [0.15, 0.2) is 0 Å². The maximum Gasteiger partial charge on any atom is 0.416 e. The maximum absolute atomic E-state index is 12.7. The van der Waals surface area contributed by atoms with Crippen molar-refractivity contribution in [2.24, 2.45) is 0 Å². The first-order valence-corrected chi connectivity index (χ1v) is 12.5. The lowest BCUT2D eigenvalue weighted by atomic mass is 10.1. The van der Waals surface area contributed by atoms with Crippen LogP contribution in [0.15, 0.2) is 48.5 Å². The number of carbonyl (C=O) groups excluding carboxylic acids is 1. The fourth-order valence-corrected chi connectivity index (χ4v) is 4.14. The Morgan fingerprint density at radius 3 is 2.24 bits per heavy atom. The third kappa shape index (κ3) is 8.95. The zero-order valence-electron chi connectivity index (χ0n) is 18.7. The Morgan fingerprint density at radius 2 is 1.70 bits per heavy atom. The molecule has 0 saturated carbocycles. The number of aryl methyl sites for hydroxylation is 1. The van der Waals surface area contributed by atoms with Gasteiger partial charge in [-0.05, 0) is 54.8 Å². The summed E-state index contributed by atoms with van der Waals surface area (Å²) in [5, 5.41) is 2.70. The van der Waals surface area contributed by atoms with Crippen LogP contribution in [0.25, 0.3) is 0 Å². The van der Waals surface area contributed by atoms with E-state index < -0.39 is 21.8 Å². The number of amides is 1. The van der Waals surface area contributed by atoms with E-state index in [-0.39, 0.29) is 31.0 Å². The molecule has 2 rings (SSSR count). The van der Waals surface area contributed by atoms with Crippen molar-refractivity contribution < 1.29 is 31.1 Å². The monoisotopic (exact) mass is 486 g/mol. The third-order valence-corrected chi connectivity index (χ3v) is 6.00. The number of rotatable bonds is 12. The summed E-state index contributed by atoms with van der Waals surface area (Å²) in [7, 11) is -3.72. The van der Waals surface area contributed by atoms with Crippen LogP contribution in [0.1, 0.15) is 37.3 Å².